The molecule has 0 aliphatic rings. The number of nitrogens with zero attached hydrogens (tertiary/aromatic N) is 2. The monoisotopic (exact) mass is 332 g/mol. The van der Waals surface area contributed by atoms with Crippen molar-refractivity contribution < 1.29 is 18.3 Å². The number of rotatable bonds is 6. The Labute approximate surface area is 123 Å². The lowest BCUT2D eigenvalue weighted by Crippen LogP contribution is -2.27. The van der Waals surface area contributed by atoms with Crippen molar-refractivity contribution in [2.24, 2.45) is 0 Å². The lowest BCUT2D eigenvalue weighted by Gasteiger charge is -2.05. The van der Waals surface area contributed by atoms with E-state index in [2.05, 4.69) is 14.7 Å². The summed E-state index contributed by atoms with van der Waals surface area (Å²) in [6.07, 6.45) is 2.61. The van der Waals surface area contributed by atoms with Crippen molar-refractivity contribution in [3.63, 3.8) is 0 Å². The molecule has 2 aromatic rings. The first-order valence-corrected chi connectivity index (χ1v) is 8.04. The maximum atomic E-state index is 12.0. The molecule has 11 heteroatoms. The second-order valence-corrected chi connectivity index (χ2v) is 7.07. The molecule has 0 aliphatic carbocycles. The molecule has 0 radical (unpaired) electrons. The predicted octanol–water partition coefficient (Wildman–Crippen LogP) is -0.382. The average Bonchev–Trinajstić information content (AvgIpc) is 2.96. The molecule has 21 heavy (non-hydrogen) atoms. The molecule has 0 aliphatic heterocycles. The molecule has 0 atom stereocenters. The van der Waals surface area contributed by atoms with Gasteiger partial charge in [0.2, 0.25) is 0 Å². The van der Waals surface area contributed by atoms with Gasteiger partial charge in [-0.1, -0.05) is 11.3 Å². The normalized spacial score (nSPS) is 11.7. The molecule has 0 fully saturated rings. The zero-order valence-electron chi connectivity index (χ0n) is 10.9. The number of aromatic nitrogens is 3. The van der Waals surface area contributed by atoms with Crippen LogP contribution in [0.2, 0.25) is 0 Å². The SMILES string of the molecule is Cc1[nH]c(=O)sc1S(=O)(=O)NCCn1cnc(C(=O)O)c1. The number of hydrogen-bond acceptors (Lipinski definition) is 6. The van der Waals surface area contributed by atoms with Gasteiger partial charge in [-0.3, -0.25) is 4.79 Å². The van der Waals surface area contributed by atoms with Crippen LogP contribution in [0.4, 0.5) is 0 Å². The highest BCUT2D eigenvalue weighted by molar-refractivity contribution is 7.91. The van der Waals surface area contributed by atoms with Gasteiger partial charge < -0.3 is 14.7 Å². The van der Waals surface area contributed by atoms with Gasteiger partial charge in [0, 0.05) is 25.0 Å². The van der Waals surface area contributed by atoms with E-state index in [1.54, 1.807) is 0 Å². The Morgan fingerprint density at radius 1 is 1.57 bits per heavy atom. The van der Waals surface area contributed by atoms with Crippen molar-refractivity contribution in [2.45, 2.75) is 17.7 Å². The molecule has 9 nitrogen and oxygen atoms in total. The van der Waals surface area contributed by atoms with E-state index in [1.165, 1.54) is 24.0 Å². The summed E-state index contributed by atoms with van der Waals surface area (Å²) in [4.78, 5) is 27.4. The van der Waals surface area contributed by atoms with Crippen molar-refractivity contribution in [1.82, 2.24) is 19.3 Å². The van der Waals surface area contributed by atoms with Crippen LogP contribution in [0.25, 0.3) is 0 Å². The highest BCUT2D eigenvalue weighted by Gasteiger charge is 2.19. The van der Waals surface area contributed by atoms with E-state index >= 15 is 0 Å². The number of H-pyrrole nitrogens is 1. The Morgan fingerprint density at radius 2 is 2.29 bits per heavy atom. The molecule has 0 amide bonds. The number of aromatic carboxylic acids is 1. The van der Waals surface area contributed by atoms with Crippen molar-refractivity contribution in [1.29, 1.82) is 0 Å². The van der Waals surface area contributed by atoms with E-state index in [4.69, 9.17) is 5.11 Å². The predicted molar refractivity (Wildman–Crippen MR) is 74.1 cm³/mol. The largest absolute Gasteiger partial charge is 0.476 e. The smallest absolute Gasteiger partial charge is 0.356 e. The van der Waals surface area contributed by atoms with E-state index in [0.29, 0.717) is 11.3 Å². The topological polar surface area (TPSA) is 134 Å². The van der Waals surface area contributed by atoms with E-state index < -0.39 is 20.9 Å². The minimum absolute atomic E-state index is 0.0449. The van der Waals surface area contributed by atoms with Crippen LogP contribution in [0, 0.1) is 6.92 Å². The number of nitrogens with one attached hydrogen (secondary N) is 2. The summed E-state index contributed by atoms with van der Waals surface area (Å²) in [7, 11) is -3.76. The van der Waals surface area contributed by atoms with Crippen molar-refractivity contribution in [2.75, 3.05) is 6.54 Å². The first-order chi connectivity index (χ1) is 9.79. The van der Waals surface area contributed by atoms with Crippen LogP contribution in [0.3, 0.4) is 0 Å². The van der Waals surface area contributed by atoms with E-state index in [0.717, 1.165) is 0 Å². The van der Waals surface area contributed by atoms with Crippen LogP contribution in [0.15, 0.2) is 21.5 Å². The zero-order valence-corrected chi connectivity index (χ0v) is 12.5. The molecular formula is C10H12N4O5S2. The lowest BCUT2D eigenvalue weighted by molar-refractivity contribution is 0.0691. The molecule has 0 saturated heterocycles. The summed E-state index contributed by atoms with van der Waals surface area (Å²) < 4.78 is 27.7. The molecule has 0 unspecified atom stereocenters. The van der Waals surface area contributed by atoms with Gasteiger partial charge >= 0.3 is 10.8 Å². The number of hydrogen-bond donors (Lipinski definition) is 3. The Balaban J connectivity index is 2.00. The van der Waals surface area contributed by atoms with Crippen LogP contribution >= 0.6 is 11.3 Å². The number of carboxylic acid groups (broad SMARTS) is 1. The molecule has 0 saturated carbocycles. The number of imidazole rings is 1. The fourth-order valence-corrected chi connectivity index (χ4v) is 3.98. The summed E-state index contributed by atoms with van der Waals surface area (Å²) in [6.45, 7) is 1.77. The minimum Gasteiger partial charge on any atom is -0.476 e. The maximum absolute atomic E-state index is 12.0. The second kappa shape index (κ2) is 5.79. The molecule has 0 bridgehead atoms. The van der Waals surface area contributed by atoms with Gasteiger partial charge in [-0.25, -0.2) is 22.9 Å². The number of carbonyl (C=O) groups is 1. The third-order valence-corrected chi connectivity index (χ3v) is 5.61. The number of sulfonamides is 1. The fraction of sp³-hybridized carbons (Fsp3) is 0.300. The Morgan fingerprint density at radius 3 is 2.81 bits per heavy atom. The van der Waals surface area contributed by atoms with Crippen LogP contribution in [0.5, 0.6) is 0 Å². The number of aromatic amines is 1. The van der Waals surface area contributed by atoms with Crippen LogP contribution in [0.1, 0.15) is 16.2 Å². The van der Waals surface area contributed by atoms with Gasteiger partial charge in [-0.15, -0.1) is 0 Å². The van der Waals surface area contributed by atoms with Gasteiger partial charge in [0.05, 0.1) is 6.33 Å². The van der Waals surface area contributed by atoms with Crippen LogP contribution in [-0.4, -0.2) is 40.6 Å². The van der Waals surface area contributed by atoms with Crippen molar-refractivity contribution in [3.8, 4) is 0 Å². The van der Waals surface area contributed by atoms with Gasteiger partial charge in [0.25, 0.3) is 10.0 Å². The average molecular weight is 332 g/mol. The lowest BCUT2D eigenvalue weighted by atomic mass is 10.5. The second-order valence-electron chi connectivity index (χ2n) is 4.13. The fourth-order valence-electron chi connectivity index (χ4n) is 1.61. The molecule has 0 aromatic carbocycles. The van der Waals surface area contributed by atoms with Crippen LogP contribution in [-0.2, 0) is 16.6 Å². The molecule has 2 aromatic heterocycles. The minimum atomic E-state index is -3.76. The van der Waals surface area contributed by atoms with E-state index in [-0.39, 0.29) is 28.7 Å². The van der Waals surface area contributed by atoms with E-state index in [1.807, 2.05) is 0 Å². The number of thiazole rings is 1. The molecule has 2 rings (SSSR count). The Bertz CT molecular complexity index is 817. The quantitative estimate of drug-likeness (QED) is 0.660. The summed E-state index contributed by atoms with van der Waals surface area (Å²) in [5, 5.41) is 8.72. The highest BCUT2D eigenvalue weighted by atomic mass is 32.2. The molecule has 2 heterocycles. The van der Waals surface area contributed by atoms with Crippen molar-refractivity contribution >= 4 is 27.3 Å². The molecular weight excluding hydrogens is 320 g/mol. The zero-order chi connectivity index (χ0) is 15.6. The standard InChI is InChI=1S/C10H12N4O5S2/c1-6-9(20-10(17)13-6)21(18,19)12-2-3-14-4-7(8(15)16)11-5-14/h4-5,12H,2-3H2,1H3,(H,13,17)(H,15,16). The van der Waals surface area contributed by atoms with Gasteiger partial charge in [0.15, 0.2) is 9.90 Å². The van der Waals surface area contributed by atoms with Gasteiger partial charge in [-0.2, -0.15) is 0 Å². The summed E-state index contributed by atoms with van der Waals surface area (Å²) >= 11 is 0.617. The molecule has 0 spiro atoms. The Kier molecular flexibility index (Phi) is 4.25. The molecule has 114 valence electrons. The number of aryl methyl sites for hydroxylation is 1. The molecule has 3 N–H and O–H groups in total. The van der Waals surface area contributed by atoms with Gasteiger partial charge in [-0.05, 0) is 6.92 Å². The van der Waals surface area contributed by atoms with E-state index in [9.17, 15) is 18.0 Å². The Hall–Kier alpha value is -1.98. The summed E-state index contributed by atoms with van der Waals surface area (Å²) in [5.41, 5.74) is 0.172. The maximum Gasteiger partial charge on any atom is 0.356 e. The summed E-state index contributed by atoms with van der Waals surface area (Å²) in [5.74, 6) is -1.15. The number of carboxylic acids is 1. The van der Waals surface area contributed by atoms with Crippen LogP contribution < -0.4 is 9.60 Å². The summed E-state index contributed by atoms with van der Waals surface area (Å²) in [6, 6.07) is 0. The third-order valence-electron chi connectivity index (χ3n) is 2.54. The first-order valence-electron chi connectivity index (χ1n) is 5.74. The third kappa shape index (κ3) is 3.56. The highest BCUT2D eigenvalue weighted by Crippen LogP contribution is 2.15. The van der Waals surface area contributed by atoms with Crippen molar-refractivity contribution in [3.05, 3.63) is 33.6 Å². The van der Waals surface area contributed by atoms with Gasteiger partial charge in [0.1, 0.15) is 0 Å². The first kappa shape index (κ1) is 15.4.